The van der Waals surface area contributed by atoms with Gasteiger partial charge in [-0.3, -0.25) is 0 Å². The molecule has 1 aliphatic heterocycles. The van der Waals surface area contributed by atoms with Gasteiger partial charge in [-0.25, -0.2) is 17.6 Å². The van der Waals surface area contributed by atoms with Gasteiger partial charge in [-0.2, -0.15) is 0 Å². The van der Waals surface area contributed by atoms with Crippen LogP contribution in [0.2, 0.25) is 0 Å². The van der Waals surface area contributed by atoms with Gasteiger partial charge < -0.3 is 0 Å². The van der Waals surface area contributed by atoms with E-state index in [1.165, 1.54) is 0 Å². The molecule has 1 fully saturated rings. The predicted molar refractivity (Wildman–Crippen MR) is 55.0 cm³/mol. The lowest BCUT2D eigenvalue weighted by atomic mass is 10.1. The Kier molecular flexibility index (Phi) is 3.73. The van der Waals surface area contributed by atoms with Gasteiger partial charge in [0.05, 0.1) is 0 Å². The fourth-order valence-electron chi connectivity index (χ4n) is 1.46. The van der Waals surface area contributed by atoms with Crippen molar-refractivity contribution >= 4 is 19.0 Å². The van der Waals surface area contributed by atoms with Gasteiger partial charge in [0.2, 0.25) is 11.8 Å². The number of rotatable bonds is 1. The number of hydrogen-bond donors (Lipinski definition) is 0. The van der Waals surface area contributed by atoms with E-state index in [1.54, 1.807) is 0 Å². The monoisotopic (exact) mass is 285 g/mol. The Balaban J connectivity index is 2.41. The summed E-state index contributed by atoms with van der Waals surface area (Å²) in [6.07, 6.45) is -0.700. The summed E-state index contributed by atoms with van der Waals surface area (Å²) in [5.41, 5.74) is -0.373. The highest BCUT2D eigenvalue weighted by atomic mass is 32.4. The second kappa shape index (κ2) is 4.94. The van der Waals surface area contributed by atoms with Gasteiger partial charge in [0.15, 0.2) is 23.3 Å². The van der Waals surface area contributed by atoms with Gasteiger partial charge in [-0.1, -0.05) is 0 Å². The van der Waals surface area contributed by atoms with Gasteiger partial charge in [-0.15, -0.1) is 9.05 Å². The SMILES string of the molecule is Fc1cc(C2CCO[P+](=S)O2)c(F)c(F)c1F. The fourth-order valence-corrected chi connectivity index (χ4v) is 2.74. The molecule has 0 aromatic heterocycles. The predicted octanol–water partition coefficient (Wildman–Crippen LogP) is 3.49. The molecular formula is C9H6F4O2PS+. The third-order valence-corrected chi connectivity index (χ3v) is 3.66. The van der Waals surface area contributed by atoms with Crippen LogP contribution >= 0.6 is 7.15 Å². The maximum atomic E-state index is 13.4. The van der Waals surface area contributed by atoms with Crippen LogP contribution in [0.15, 0.2) is 6.07 Å². The molecule has 2 rings (SSSR count). The molecule has 0 saturated carbocycles. The molecule has 1 aliphatic rings. The number of halogens is 4. The van der Waals surface area contributed by atoms with Crippen LogP contribution < -0.4 is 0 Å². The van der Waals surface area contributed by atoms with Crippen molar-refractivity contribution in [3.8, 4) is 0 Å². The summed E-state index contributed by atoms with van der Waals surface area (Å²) in [6.45, 7) is 0.208. The van der Waals surface area contributed by atoms with Crippen molar-refractivity contribution in [1.82, 2.24) is 0 Å². The van der Waals surface area contributed by atoms with Crippen LogP contribution in [0.1, 0.15) is 18.1 Å². The first-order valence-corrected chi connectivity index (χ1v) is 6.79. The molecule has 0 N–H and O–H groups in total. The van der Waals surface area contributed by atoms with E-state index < -0.39 is 36.5 Å². The van der Waals surface area contributed by atoms with Crippen molar-refractivity contribution in [3.63, 3.8) is 0 Å². The van der Waals surface area contributed by atoms with E-state index in [0.717, 1.165) is 0 Å². The Morgan fingerprint density at radius 3 is 2.53 bits per heavy atom. The molecule has 2 unspecified atom stereocenters. The van der Waals surface area contributed by atoms with Crippen molar-refractivity contribution in [2.75, 3.05) is 6.61 Å². The quantitative estimate of drug-likeness (QED) is 0.340. The molecule has 8 heteroatoms. The largest absolute Gasteiger partial charge is 0.522 e. The lowest BCUT2D eigenvalue weighted by Crippen LogP contribution is -2.13. The summed E-state index contributed by atoms with van der Waals surface area (Å²) < 4.78 is 62.1. The van der Waals surface area contributed by atoms with E-state index >= 15 is 0 Å². The third kappa shape index (κ3) is 2.47. The van der Waals surface area contributed by atoms with E-state index in [-0.39, 0.29) is 18.6 Å². The lowest BCUT2D eigenvalue weighted by Gasteiger charge is -2.15. The second-order valence-corrected chi connectivity index (χ2v) is 5.14. The molecule has 2 nitrogen and oxygen atoms in total. The lowest BCUT2D eigenvalue weighted by molar-refractivity contribution is 0.115. The topological polar surface area (TPSA) is 18.5 Å². The molecule has 0 spiro atoms. The number of hydrogen-bond acceptors (Lipinski definition) is 3. The van der Waals surface area contributed by atoms with Gasteiger partial charge in [-0.05, 0) is 6.07 Å². The Morgan fingerprint density at radius 1 is 1.18 bits per heavy atom. The molecule has 0 bridgehead atoms. The zero-order valence-corrected chi connectivity index (χ0v) is 9.96. The molecule has 92 valence electrons. The van der Waals surface area contributed by atoms with Crippen molar-refractivity contribution in [1.29, 1.82) is 0 Å². The summed E-state index contributed by atoms with van der Waals surface area (Å²) in [6, 6.07) is 0.586. The molecule has 0 radical (unpaired) electrons. The molecule has 1 heterocycles. The normalized spacial score (nSPS) is 22.8. The highest BCUT2D eigenvalue weighted by Crippen LogP contribution is 2.41. The van der Waals surface area contributed by atoms with E-state index in [4.69, 9.17) is 20.9 Å². The van der Waals surface area contributed by atoms with Crippen LogP contribution in [0.5, 0.6) is 0 Å². The summed E-state index contributed by atoms with van der Waals surface area (Å²) >= 11 is 4.74. The van der Waals surface area contributed by atoms with Gasteiger partial charge >= 0.3 is 7.15 Å². The van der Waals surface area contributed by atoms with Crippen LogP contribution in [0.25, 0.3) is 0 Å². The molecule has 0 aliphatic carbocycles. The summed E-state index contributed by atoms with van der Waals surface area (Å²) in [5, 5.41) is 0. The minimum absolute atomic E-state index is 0.205. The van der Waals surface area contributed by atoms with E-state index in [0.29, 0.717) is 6.07 Å². The second-order valence-electron chi connectivity index (χ2n) is 3.33. The van der Waals surface area contributed by atoms with Crippen LogP contribution in [0.4, 0.5) is 17.6 Å². The maximum Gasteiger partial charge on any atom is 0.522 e. The first kappa shape index (κ1) is 12.8. The summed E-state index contributed by atoms with van der Waals surface area (Å²) in [7, 11) is -1.62. The first-order chi connectivity index (χ1) is 8.00. The Hall–Kier alpha value is -0.620. The smallest absolute Gasteiger partial charge is 0.204 e. The van der Waals surface area contributed by atoms with Crippen molar-refractivity contribution in [3.05, 3.63) is 34.9 Å². The molecule has 17 heavy (non-hydrogen) atoms. The molecular weight excluding hydrogens is 279 g/mol. The highest BCUT2D eigenvalue weighted by molar-refractivity contribution is 8.00. The van der Waals surface area contributed by atoms with E-state index in [9.17, 15) is 17.6 Å². The molecule has 1 saturated heterocycles. The van der Waals surface area contributed by atoms with Crippen LogP contribution in [0.3, 0.4) is 0 Å². The minimum Gasteiger partial charge on any atom is -0.204 e. The summed E-state index contributed by atoms with van der Waals surface area (Å²) in [4.78, 5) is 0. The number of benzene rings is 1. The Morgan fingerprint density at radius 2 is 1.88 bits per heavy atom. The third-order valence-electron chi connectivity index (χ3n) is 2.27. The average Bonchev–Trinajstić information content (AvgIpc) is 2.31. The zero-order chi connectivity index (χ0) is 12.6. The molecule has 2 atom stereocenters. The average molecular weight is 285 g/mol. The Bertz CT molecular complexity index is 483. The van der Waals surface area contributed by atoms with Crippen molar-refractivity contribution < 1.29 is 26.6 Å². The highest BCUT2D eigenvalue weighted by Gasteiger charge is 2.34. The zero-order valence-electron chi connectivity index (χ0n) is 8.25. The summed E-state index contributed by atoms with van der Waals surface area (Å²) in [5.74, 6) is -6.58. The minimum atomic E-state index is -1.84. The van der Waals surface area contributed by atoms with Crippen molar-refractivity contribution in [2.45, 2.75) is 12.5 Å². The Labute approximate surface area is 100 Å². The first-order valence-electron chi connectivity index (χ1n) is 4.60. The van der Waals surface area contributed by atoms with E-state index in [2.05, 4.69) is 0 Å². The van der Waals surface area contributed by atoms with Gasteiger partial charge in [0, 0.05) is 12.0 Å². The molecule has 0 amide bonds. The van der Waals surface area contributed by atoms with Crippen LogP contribution in [-0.2, 0) is 20.9 Å². The molecule has 1 aromatic carbocycles. The van der Waals surface area contributed by atoms with Gasteiger partial charge in [0.25, 0.3) is 0 Å². The maximum absolute atomic E-state index is 13.4. The molecule has 1 aromatic rings. The van der Waals surface area contributed by atoms with Gasteiger partial charge in [0.1, 0.15) is 12.7 Å². The van der Waals surface area contributed by atoms with Crippen molar-refractivity contribution in [2.24, 2.45) is 0 Å². The van der Waals surface area contributed by atoms with Crippen LogP contribution in [-0.4, -0.2) is 6.61 Å². The fraction of sp³-hybridized carbons (Fsp3) is 0.333. The van der Waals surface area contributed by atoms with Crippen LogP contribution in [0, 0.1) is 23.3 Å². The van der Waals surface area contributed by atoms with E-state index in [1.807, 2.05) is 0 Å². The standard InChI is InChI=1S/C9H6F4O2PS/c10-5-3-4(7(11)9(13)8(5)12)6-1-2-14-16(17)15-6/h3,6H,1-2H2/q+1.